The van der Waals surface area contributed by atoms with E-state index in [4.69, 9.17) is 4.74 Å². The predicted molar refractivity (Wildman–Crippen MR) is 77.9 cm³/mol. The van der Waals surface area contributed by atoms with Crippen LogP contribution in [0.2, 0.25) is 0 Å². The van der Waals surface area contributed by atoms with Crippen molar-refractivity contribution in [2.24, 2.45) is 7.05 Å². The van der Waals surface area contributed by atoms with Crippen LogP contribution in [-0.2, 0) is 11.8 Å². The first-order chi connectivity index (χ1) is 10.1. The van der Waals surface area contributed by atoms with Crippen LogP contribution in [0.3, 0.4) is 0 Å². The van der Waals surface area contributed by atoms with Crippen molar-refractivity contribution in [3.05, 3.63) is 47.8 Å². The summed E-state index contributed by atoms with van der Waals surface area (Å²) >= 11 is 0. The van der Waals surface area contributed by atoms with E-state index in [0.29, 0.717) is 5.75 Å². The highest BCUT2D eigenvalue weighted by molar-refractivity contribution is 5.78. The Morgan fingerprint density at radius 1 is 1.52 bits per heavy atom. The van der Waals surface area contributed by atoms with Crippen molar-refractivity contribution in [3.8, 4) is 5.75 Å². The molecule has 1 aromatic heterocycles. The van der Waals surface area contributed by atoms with E-state index in [0.717, 1.165) is 11.1 Å². The molecule has 21 heavy (non-hydrogen) atoms. The van der Waals surface area contributed by atoms with Gasteiger partial charge in [0.25, 0.3) is 5.91 Å². The van der Waals surface area contributed by atoms with Crippen LogP contribution in [0.1, 0.15) is 17.2 Å². The number of aryl methyl sites for hydroxylation is 2. The van der Waals surface area contributed by atoms with Gasteiger partial charge in [0.2, 0.25) is 0 Å². The molecule has 2 rings (SSSR count). The van der Waals surface area contributed by atoms with Crippen LogP contribution in [0.4, 0.5) is 0 Å². The molecule has 0 fully saturated rings. The van der Waals surface area contributed by atoms with Crippen LogP contribution in [0.5, 0.6) is 5.75 Å². The fourth-order valence-electron chi connectivity index (χ4n) is 1.94. The van der Waals surface area contributed by atoms with Gasteiger partial charge in [-0.2, -0.15) is 5.10 Å². The van der Waals surface area contributed by atoms with Crippen LogP contribution < -0.4 is 10.1 Å². The van der Waals surface area contributed by atoms with Gasteiger partial charge in [-0.25, -0.2) is 0 Å². The first-order valence-electron chi connectivity index (χ1n) is 6.66. The number of carbonyl (C=O) groups is 1. The van der Waals surface area contributed by atoms with Crippen molar-refractivity contribution in [1.29, 1.82) is 0 Å². The van der Waals surface area contributed by atoms with Gasteiger partial charge < -0.3 is 15.2 Å². The van der Waals surface area contributed by atoms with E-state index in [1.165, 1.54) is 0 Å². The molecule has 1 heterocycles. The van der Waals surface area contributed by atoms with Gasteiger partial charge in [-0.05, 0) is 24.6 Å². The maximum Gasteiger partial charge on any atom is 0.258 e. The number of nitrogens with zero attached hydrogens (tertiary/aromatic N) is 2. The fourth-order valence-corrected chi connectivity index (χ4v) is 1.94. The predicted octanol–water partition coefficient (Wildman–Crippen LogP) is 0.957. The first-order valence-corrected chi connectivity index (χ1v) is 6.66. The summed E-state index contributed by atoms with van der Waals surface area (Å²) in [6, 6.07) is 7.00. The van der Waals surface area contributed by atoms with Gasteiger partial charge in [0.1, 0.15) is 5.75 Å². The highest BCUT2D eigenvalue weighted by Crippen LogP contribution is 2.13. The Morgan fingerprint density at radius 3 is 2.95 bits per heavy atom. The van der Waals surface area contributed by atoms with E-state index >= 15 is 0 Å². The highest BCUT2D eigenvalue weighted by Gasteiger charge is 2.15. The van der Waals surface area contributed by atoms with Gasteiger partial charge in [0.05, 0.1) is 18.8 Å². The smallest absolute Gasteiger partial charge is 0.258 e. The molecule has 0 aliphatic heterocycles. The number of nitrogens with one attached hydrogen (secondary N) is 1. The number of benzene rings is 1. The normalized spacial score (nSPS) is 12.0. The number of aliphatic hydroxyl groups is 1. The molecule has 1 aromatic carbocycles. The second-order valence-corrected chi connectivity index (χ2v) is 4.86. The summed E-state index contributed by atoms with van der Waals surface area (Å²) in [5.74, 6) is 0.353. The molecule has 0 aliphatic rings. The largest absolute Gasteiger partial charge is 0.484 e. The van der Waals surface area contributed by atoms with Crippen molar-refractivity contribution in [3.63, 3.8) is 0 Å². The summed E-state index contributed by atoms with van der Waals surface area (Å²) in [5, 5.41) is 16.1. The third kappa shape index (κ3) is 4.32. The second-order valence-electron chi connectivity index (χ2n) is 4.86. The maximum atomic E-state index is 11.9. The number of carbonyl (C=O) groups excluding carboxylic acids is 1. The summed E-state index contributed by atoms with van der Waals surface area (Å²) in [4.78, 5) is 11.9. The molecular formula is C15H19N3O3. The molecule has 2 N–H and O–H groups in total. The Bertz CT molecular complexity index is 610. The van der Waals surface area contributed by atoms with Crippen molar-refractivity contribution in [2.75, 3.05) is 13.2 Å². The van der Waals surface area contributed by atoms with Gasteiger partial charge in [-0.15, -0.1) is 0 Å². The molecule has 112 valence electrons. The summed E-state index contributed by atoms with van der Waals surface area (Å²) in [6.07, 6.45) is 3.37. The average Bonchev–Trinajstić information content (AvgIpc) is 2.89. The lowest BCUT2D eigenvalue weighted by molar-refractivity contribution is -0.124. The number of amides is 1. The molecule has 1 atom stereocenters. The molecule has 0 unspecified atom stereocenters. The van der Waals surface area contributed by atoms with Crippen molar-refractivity contribution >= 4 is 5.91 Å². The minimum Gasteiger partial charge on any atom is -0.484 e. The van der Waals surface area contributed by atoms with Gasteiger partial charge in [-0.1, -0.05) is 12.1 Å². The van der Waals surface area contributed by atoms with Crippen LogP contribution in [0, 0.1) is 6.92 Å². The van der Waals surface area contributed by atoms with E-state index in [2.05, 4.69) is 10.4 Å². The number of hydrogen-bond donors (Lipinski definition) is 2. The lowest BCUT2D eigenvalue weighted by atomic mass is 10.2. The van der Waals surface area contributed by atoms with E-state index in [-0.39, 0.29) is 19.1 Å². The molecule has 0 aliphatic carbocycles. The molecule has 6 nitrogen and oxygen atoms in total. The molecule has 0 spiro atoms. The molecule has 1 amide bonds. The zero-order chi connectivity index (χ0) is 15.2. The quantitative estimate of drug-likeness (QED) is 0.830. The summed E-state index contributed by atoms with van der Waals surface area (Å²) < 4.78 is 7.04. The van der Waals surface area contributed by atoms with E-state index in [1.54, 1.807) is 30.2 Å². The van der Waals surface area contributed by atoms with Crippen molar-refractivity contribution in [1.82, 2.24) is 15.1 Å². The summed E-state index contributed by atoms with van der Waals surface area (Å²) in [7, 11) is 1.78. The summed E-state index contributed by atoms with van der Waals surface area (Å²) in [6.45, 7) is 1.67. The molecular weight excluding hydrogens is 270 g/mol. The Hall–Kier alpha value is -2.34. The number of ether oxygens (including phenoxy) is 1. The standard InChI is InChI=1S/C15H19N3O3/c1-11-4-3-5-13(6-11)21-10-15(20)17-14(9-19)12-7-16-18(2)8-12/h3-8,14,19H,9-10H2,1-2H3,(H,17,20)/t14-/m0/s1. The number of aromatic nitrogens is 2. The van der Waals surface area contributed by atoms with Gasteiger partial charge in [-0.3, -0.25) is 9.48 Å². The van der Waals surface area contributed by atoms with E-state index < -0.39 is 6.04 Å². The molecule has 6 heteroatoms. The Balaban J connectivity index is 1.88. The van der Waals surface area contributed by atoms with Crippen LogP contribution in [0.25, 0.3) is 0 Å². The average molecular weight is 289 g/mol. The minimum absolute atomic E-state index is 0.0970. The van der Waals surface area contributed by atoms with E-state index in [9.17, 15) is 9.90 Å². The number of hydrogen-bond acceptors (Lipinski definition) is 4. The lowest BCUT2D eigenvalue weighted by Gasteiger charge is -2.15. The third-order valence-corrected chi connectivity index (χ3v) is 3.00. The number of rotatable bonds is 6. The van der Waals surface area contributed by atoms with Crippen molar-refractivity contribution in [2.45, 2.75) is 13.0 Å². The number of aliphatic hydroxyl groups excluding tert-OH is 1. The minimum atomic E-state index is -0.479. The third-order valence-electron chi connectivity index (χ3n) is 3.00. The molecule has 0 radical (unpaired) electrons. The lowest BCUT2D eigenvalue weighted by Crippen LogP contribution is -2.34. The van der Waals surface area contributed by atoms with Crippen LogP contribution in [0.15, 0.2) is 36.7 Å². The SMILES string of the molecule is Cc1cccc(OCC(=O)N[C@@H](CO)c2cnn(C)c2)c1. The molecule has 0 saturated carbocycles. The Morgan fingerprint density at radius 2 is 2.33 bits per heavy atom. The zero-order valence-electron chi connectivity index (χ0n) is 12.1. The van der Waals surface area contributed by atoms with Gasteiger partial charge in [0.15, 0.2) is 6.61 Å². The Kier molecular flexibility index (Phi) is 4.94. The molecule has 0 saturated heterocycles. The molecule has 0 bridgehead atoms. The summed E-state index contributed by atoms with van der Waals surface area (Å²) in [5.41, 5.74) is 1.82. The van der Waals surface area contributed by atoms with E-state index in [1.807, 2.05) is 25.1 Å². The Labute approximate surface area is 123 Å². The maximum absolute atomic E-state index is 11.9. The van der Waals surface area contributed by atoms with Gasteiger partial charge in [0, 0.05) is 18.8 Å². The van der Waals surface area contributed by atoms with Crippen LogP contribution >= 0.6 is 0 Å². The fraction of sp³-hybridized carbons (Fsp3) is 0.333. The highest BCUT2D eigenvalue weighted by atomic mass is 16.5. The van der Waals surface area contributed by atoms with Crippen molar-refractivity contribution < 1.29 is 14.6 Å². The van der Waals surface area contributed by atoms with Crippen LogP contribution in [-0.4, -0.2) is 34.0 Å². The van der Waals surface area contributed by atoms with Gasteiger partial charge >= 0.3 is 0 Å². The topological polar surface area (TPSA) is 76.4 Å². The second kappa shape index (κ2) is 6.90. The monoisotopic (exact) mass is 289 g/mol. The molecule has 2 aromatic rings. The first kappa shape index (κ1) is 15.1. The zero-order valence-corrected chi connectivity index (χ0v) is 12.1.